The van der Waals surface area contributed by atoms with Crippen molar-refractivity contribution in [2.45, 2.75) is 81.4 Å². The van der Waals surface area contributed by atoms with Gasteiger partial charge in [-0.1, -0.05) is 129 Å². The second-order valence-electron chi connectivity index (χ2n) is 13.1. The van der Waals surface area contributed by atoms with Crippen LogP contribution >= 0.6 is 7.26 Å². The normalized spacial score (nSPS) is 11.8. The Labute approximate surface area is 312 Å². The van der Waals surface area contributed by atoms with E-state index in [1.165, 1.54) is 72.7 Å². The molecule has 0 heterocycles. The van der Waals surface area contributed by atoms with E-state index in [9.17, 15) is 21.4 Å². The molecule has 5 aromatic rings. The molecule has 0 atom stereocenters. The number of aryl methyl sites for hydroxylation is 2. The lowest BCUT2D eigenvalue weighted by Gasteiger charge is -2.27. The molecule has 9 heteroatoms. The Kier molecular flexibility index (Phi) is 16.2. The molecule has 0 fully saturated rings. The maximum absolute atomic E-state index is 12.3. The molecule has 0 aliphatic heterocycles. The molecule has 0 saturated carbocycles. The highest BCUT2D eigenvalue weighted by Gasteiger charge is 2.44. The summed E-state index contributed by atoms with van der Waals surface area (Å²) in [5.41, 5.74) is 1.96. The molecule has 5 aromatic carbocycles. The van der Waals surface area contributed by atoms with Crippen molar-refractivity contribution in [2.24, 2.45) is 0 Å². The lowest BCUT2D eigenvalue weighted by Crippen LogP contribution is -2.33. The topological polar surface area (TPSA) is 101 Å². The summed E-state index contributed by atoms with van der Waals surface area (Å²) >= 11 is 0. The molecule has 276 valence electrons. The van der Waals surface area contributed by atoms with Crippen molar-refractivity contribution in [3.63, 3.8) is 0 Å². The van der Waals surface area contributed by atoms with Crippen molar-refractivity contribution in [1.82, 2.24) is 0 Å². The van der Waals surface area contributed by atoms with Crippen molar-refractivity contribution < 1.29 is 25.6 Å². The Balaban J connectivity index is 0.000000470. The largest absolute Gasteiger partial charge is 0.744 e. The van der Waals surface area contributed by atoms with Crippen LogP contribution in [0.15, 0.2) is 149 Å². The highest BCUT2D eigenvalue weighted by molar-refractivity contribution is 7.95. The van der Waals surface area contributed by atoms with E-state index in [4.69, 9.17) is 4.18 Å². The Morgan fingerprint density at radius 1 is 0.462 bits per heavy atom. The van der Waals surface area contributed by atoms with E-state index in [-0.39, 0.29) is 16.4 Å². The van der Waals surface area contributed by atoms with E-state index >= 15 is 0 Å². The monoisotopic (exact) mass is 758 g/mol. The van der Waals surface area contributed by atoms with Crippen LogP contribution in [0.4, 0.5) is 0 Å². The summed E-state index contributed by atoms with van der Waals surface area (Å²) in [5.74, 6) is 0. The zero-order valence-corrected chi connectivity index (χ0v) is 32.8. The molecule has 0 aliphatic carbocycles. The standard InChI is InChI=1S/C36H44O3PS.C7H8O3S/c1-32-26-28-36(29-27-32)41(37,38)39-30-18-7-5-3-2-4-6-8-19-31-40(33-20-12-9-13-21-33,34-22-14-10-15-23-34)35-24-16-11-17-25-35;1-6-2-4-7(5-3-6)11(8,9)10/h9-17,20-29H,2-8,18-19,30-31H2,1H3;2-5H,1H3,(H,8,9,10)/q+1;/p-1. The first-order valence-electron chi connectivity index (χ1n) is 18.1. The fourth-order valence-corrected chi connectivity index (χ4v) is 12.0. The maximum atomic E-state index is 12.3. The van der Waals surface area contributed by atoms with Crippen LogP contribution in [0.25, 0.3) is 0 Å². The molecular formula is C43H51O6PS2. The quantitative estimate of drug-likeness (QED) is 0.0383. The van der Waals surface area contributed by atoms with Crippen LogP contribution in [-0.4, -0.2) is 34.2 Å². The molecule has 0 amide bonds. The van der Waals surface area contributed by atoms with Gasteiger partial charge in [0.1, 0.15) is 33.3 Å². The highest BCUT2D eigenvalue weighted by atomic mass is 32.2. The number of benzene rings is 5. The van der Waals surface area contributed by atoms with E-state index in [1.54, 1.807) is 36.4 Å². The molecule has 0 spiro atoms. The summed E-state index contributed by atoms with van der Waals surface area (Å²) in [7, 11) is -9.64. The molecule has 0 aliphatic rings. The van der Waals surface area contributed by atoms with Gasteiger partial charge in [0.15, 0.2) is 0 Å². The summed E-state index contributed by atoms with van der Waals surface area (Å²) in [4.78, 5) is 0.0573. The van der Waals surface area contributed by atoms with E-state index in [2.05, 4.69) is 91.0 Å². The van der Waals surface area contributed by atoms with Crippen molar-refractivity contribution in [3.8, 4) is 0 Å². The first kappa shape index (κ1) is 41.1. The second kappa shape index (κ2) is 20.6. The summed E-state index contributed by atoms with van der Waals surface area (Å²) in [6.07, 6.45) is 11.5. The first-order chi connectivity index (χ1) is 25.0. The molecule has 6 nitrogen and oxygen atoms in total. The van der Waals surface area contributed by atoms with Crippen molar-refractivity contribution >= 4 is 43.4 Å². The third kappa shape index (κ3) is 12.5. The van der Waals surface area contributed by atoms with E-state index in [0.717, 1.165) is 30.4 Å². The predicted molar refractivity (Wildman–Crippen MR) is 215 cm³/mol. The smallest absolute Gasteiger partial charge is 0.296 e. The second-order valence-corrected chi connectivity index (χ2v) is 19.7. The lowest BCUT2D eigenvalue weighted by atomic mass is 10.1. The van der Waals surface area contributed by atoms with Gasteiger partial charge >= 0.3 is 0 Å². The van der Waals surface area contributed by atoms with Crippen LogP contribution < -0.4 is 15.9 Å². The van der Waals surface area contributed by atoms with Gasteiger partial charge in [-0.15, -0.1) is 0 Å². The van der Waals surface area contributed by atoms with E-state index in [1.807, 2.05) is 13.8 Å². The lowest BCUT2D eigenvalue weighted by molar-refractivity contribution is 0.306. The summed E-state index contributed by atoms with van der Waals surface area (Å²) in [6, 6.07) is 46.0. The molecule has 0 saturated heterocycles. The fourth-order valence-electron chi connectivity index (χ4n) is 6.22. The number of hydrogen-bond donors (Lipinski definition) is 0. The third-order valence-electron chi connectivity index (χ3n) is 9.09. The van der Waals surface area contributed by atoms with Gasteiger partial charge in [-0.3, -0.25) is 4.18 Å². The Morgan fingerprint density at radius 2 is 0.808 bits per heavy atom. The van der Waals surface area contributed by atoms with E-state index < -0.39 is 27.5 Å². The summed E-state index contributed by atoms with van der Waals surface area (Å²) in [5, 5.41) is 4.40. The van der Waals surface area contributed by atoms with Gasteiger partial charge in [0.05, 0.1) is 22.6 Å². The van der Waals surface area contributed by atoms with Crippen molar-refractivity contribution in [1.29, 1.82) is 0 Å². The van der Waals surface area contributed by atoms with Gasteiger partial charge in [0.2, 0.25) is 0 Å². The van der Waals surface area contributed by atoms with Crippen molar-refractivity contribution in [3.05, 3.63) is 151 Å². The maximum Gasteiger partial charge on any atom is 0.296 e. The Hall–Kier alpha value is -3.65. The molecule has 5 rings (SSSR count). The first-order valence-corrected chi connectivity index (χ1v) is 22.8. The van der Waals surface area contributed by atoms with Gasteiger partial charge in [-0.05, 0) is 93.8 Å². The van der Waals surface area contributed by atoms with E-state index in [0.29, 0.717) is 0 Å². The minimum absolute atomic E-state index is 0.178. The minimum Gasteiger partial charge on any atom is -0.744 e. The zero-order chi connectivity index (χ0) is 37.3. The number of unbranched alkanes of at least 4 members (excludes halogenated alkanes) is 8. The average molecular weight is 759 g/mol. The molecule has 0 aromatic heterocycles. The van der Waals surface area contributed by atoms with Crippen LogP contribution in [0.2, 0.25) is 0 Å². The average Bonchev–Trinajstić information content (AvgIpc) is 3.15. The van der Waals surface area contributed by atoms with Gasteiger partial charge in [0, 0.05) is 0 Å². The molecule has 52 heavy (non-hydrogen) atoms. The van der Waals surface area contributed by atoms with Gasteiger partial charge in [-0.25, -0.2) is 8.42 Å². The van der Waals surface area contributed by atoms with Gasteiger partial charge < -0.3 is 4.55 Å². The van der Waals surface area contributed by atoms with Crippen LogP contribution in [-0.2, 0) is 24.4 Å². The van der Waals surface area contributed by atoms with Crippen LogP contribution in [0.3, 0.4) is 0 Å². The minimum atomic E-state index is -4.27. The third-order valence-corrected chi connectivity index (χ3v) is 15.8. The molecular weight excluding hydrogens is 708 g/mol. The zero-order valence-electron chi connectivity index (χ0n) is 30.3. The molecule has 0 radical (unpaired) electrons. The van der Waals surface area contributed by atoms with Crippen LogP contribution in [0.5, 0.6) is 0 Å². The molecule has 0 bridgehead atoms. The summed E-state index contributed by atoms with van der Waals surface area (Å²) in [6.45, 7) is 4.01. The fraction of sp³-hybridized carbons (Fsp3) is 0.302. The Morgan fingerprint density at radius 3 is 1.19 bits per heavy atom. The van der Waals surface area contributed by atoms with Gasteiger partial charge in [0.25, 0.3) is 10.1 Å². The van der Waals surface area contributed by atoms with Crippen LogP contribution in [0, 0.1) is 13.8 Å². The summed E-state index contributed by atoms with van der Waals surface area (Å²) < 4.78 is 61.0. The highest BCUT2D eigenvalue weighted by Crippen LogP contribution is 2.56. The van der Waals surface area contributed by atoms with Gasteiger partial charge in [-0.2, -0.15) is 8.42 Å². The van der Waals surface area contributed by atoms with Crippen molar-refractivity contribution in [2.75, 3.05) is 12.8 Å². The van der Waals surface area contributed by atoms with Crippen LogP contribution in [0.1, 0.15) is 68.9 Å². The predicted octanol–water partition coefficient (Wildman–Crippen LogP) is 9.10. The molecule has 0 unspecified atom stereocenters. The number of hydrogen-bond acceptors (Lipinski definition) is 6. The Bertz CT molecular complexity index is 1870. The number of rotatable bonds is 18. The molecule has 0 N–H and O–H groups in total. The SMILES string of the molecule is Cc1ccc(S(=O)(=O)OCCCCCCCCCCC[P+](c2ccccc2)(c2ccccc2)c2ccccc2)cc1.Cc1ccc(S(=O)(=O)[O-])cc1.